The highest BCUT2D eigenvalue weighted by Crippen LogP contribution is 2.38. The summed E-state index contributed by atoms with van der Waals surface area (Å²) in [5.74, 6) is -0.771. The van der Waals surface area contributed by atoms with Gasteiger partial charge in [-0.05, 0) is 75.2 Å². The molecule has 5 rings (SSSR count). The summed E-state index contributed by atoms with van der Waals surface area (Å²) in [6.07, 6.45) is -0.279. The molecular formula is C31H26Cl2FN3O5. The highest BCUT2D eigenvalue weighted by molar-refractivity contribution is 6.32. The maximum atomic E-state index is 15.8. The lowest BCUT2D eigenvalue weighted by atomic mass is 10.0. The van der Waals surface area contributed by atoms with Crippen molar-refractivity contribution in [3.8, 4) is 23.3 Å². The molecule has 0 spiro atoms. The Kier molecular flexibility index (Phi) is 7.80. The minimum atomic E-state index is -0.801. The van der Waals surface area contributed by atoms with Crippen molar-refractivity contribution in [3.05, 3.63) is 86.8 Å². The van der Waals surface area contributed by atoms with Gasteiger partial charge >= 0.3 is 6.09 Å². The number of methoxy groups -OCH3 is 1. The van der Waals surface area contributed by atoms with Crippen molar-refractivity contribution in [3.63, 3.8) is 0 Å². The summed E-state index contributed by atoms with van der Waals surface area (Å²) in [5.41, 5.74) is 0.938. The summed E-state index contributed by atoms with van der Waals surface area (Å²) in [6.45, 7) is 5.39. The van der Waals surface area contributed by atoms with Crippen LogP contribution in [0.1, 0.15) is 48.0 Å². The van der Waals surface area contributed by atoms with Crippen LogP contribution in [0.3, 0.4) is 0 Å². The first kappa shape index (κ1) is 29.2. The van der Waals surface area contributed by atoms with Crippen molar-refractivity contribution in [1.29, 1.82) is 5.26 Å². The van der Waals surface area contributed by atoms with Gasteiger partial charge in [0.05, 0.1) is 29.3 Å². The Labute approximate surface area is 251 Å². The average Bonchev–Trinajstić information content (AvgIpc) is 3.27. The van der Waals surface area contributed by atoms with Gasteiger partial charge in [-0.2, -0.15) is 5.26 Å². The summed E-state index contributed by atoms with van der Waals surface area (Å²) in [6, 6.07) is 14.4. The van der Waals surface area contributed by atoms with Crippen molar-refractivity contribution >= 4 is 46.1 Å². The first-order chi connectivity index (χ1) is 19.9. The molecule has 8 nitrogen and oxygen atoms in total. The van der Waals surface area contributed by atoms with Gasteiger partial charge < -0.3 is 19.1 Å². The highest BCUT2D eigenvalue weighted by atomic mass is 35.5. The number of carbonyl (C=O) groups excluding carboxylic acids is 2. The molecule has 0 N–H and O–H groups in total. The standard InChI is InChI=1S/C31H26Cl2FN3O5/c1-31(2,3)42-30(39)37-25-8-6-20(40-4)14-23(25)22-9-10-36(29(38)27(22)37)16-18-5-7-24(33)28(26(18)34)41-21-12-17(15-35)11-19(32)13-21/h5-8,11-14H,9-10,16H2,1-4H3. The number of aromatic nitrogens is 1. The Bertz CT molecular complexity index is 1790. The van der Waals surface area contributed by atoms with Crippen LogP contribution in [0.15, 0.2) is 48.5 Å². The fourth-order valence-electron chi connectivity index (χ4n) is 4.88. The lowest BCUT2D eigenvalue weighted by Crippen LogP contribution is -2.39. The normalized spacial score (nSPS) is 13.1. The Morgan fingerprint density at radius 2 is 1.86 bits per heavy atom. The smallest absolute Gasteiger partial charge is 0.419 e. The zero-order chi connectivity index (χ0) is 30.3. The number of carbonyl (C=O) groups is 2. The second-order valence-electron chi connectivity index (χ2n) is 10.7. The van der Waals surface area contributed by atoms with Gasteiger partial charge in [-0.15, -0.1) is 0 Å². The van der Waals surface area contributed by atoms with Gasteiger partial charge in [0.15, 0.2) is 11.6 Å². The maximum absolute atomic E-state index is 15.8. The number of amides is 1. The monoisotopic (exact) mass is 609 g/mol. The van der Waals surface area contributed by atoms with Crippen molar-refractivity contribution in [2.24, 2.45) is 0 Å². The summed E-state index contributed by atoms with van der Waals surface area (Å²) in [7, 11) is 1.54. The molecule has 0 saturated heterocycles. The first-order valence-corrected chi connectivity index (χ1v) is 13.7. The number of fused-ring (bicyclic) bond motifs is 3. The van der Waals surface area contributed by atoms with Crippen molar-refractivity contribution in [2.75, 3.05) is 13.7 Å². The zero-order valence-electron chi connectivity index (χ0n) is 23.3. The third kappa shape index (κ3) is 5.60. The fraction of sp³-hybridized carbons (Fsp3) is 0.258. The van der Waals surface area contributed by atoms with Crippen LogP contribution >= 0.6 is 23.2 Å². The van der Waals surface area contributed by atoms with Gasteiger partial charge in [-0.3, -0.25) is 4.79 Å². The molecule has 2 heterocycles. The molecule has 0 aliphatic carbocycles. The fourth-order valence-corrected chi connectivity index (χ4v) is 5.29. The molecule has 1 aliphatic heterocycles. The molecule has 0 fully saturated rings. The molecule has 11 heteroatoms. The predicted octanol–water partition coefficient (Wildman–Crippen LogP) is 7.74. The van der Waals surface area contributed by atoms with E-state index in [1.54, 1.807) is 46.1 Å². The second kappa shape index (κ2) is 11.2. The van der Waals surface area contributed by atoms with E-state index < -0.39 is 23.4 Å². The lowest BCUT2D eigenvalue weighted by Gasteiger charge is -2.29. The van der Waals surface area contributed by atoms with E-state index in [1.165, 1.54) is 39.8 Å². The number of hydrogen-bond donors (Lipinski definition) is 0. The number of nitriles is 1. The minimum absolute atomic E-state index is 0.000916. The van der Waals surface area contributed by atoms with E-state index in [-0.39, 0.29) is 51.5 Å². The largest absolute Gasteiger partial charge is 0.497 e. The molecule has 0 atom stereocenters. The Morgan fingerprint density at radius 1 is 1.10 bits per heavy atom. The summed E-state index contributed by atoms with van der Waals surface area (Å²) in [4.78, 5) is 28.8. The molecule has 0 saturated carbocycles. The van der Waals surface area contributed by atoms with Crippen LogP contribution in [-0.2, 0) is 17.7 Å². The van der Waals surface area contributed by atoms with Crippen LogP contribution < -0.4 is 9.47 Å². The van der Waals surface area contributed by atoms with Gasteiger partial charge in [0.2, 0.25) is 0 Å². The van der Waals surface area contributed by atoms with Crippen LogP contribution in [0, 0.1) is 17.1 Å². The molecule has 1 aromatic heterocycles. The summed E-state index contributed by atoms with van der Waals surface area (Å²) in [5, 5.41) is 10.2. The van der Waals surface area contributed by atoms with Gasteiger partial charge in [-0.1, -0.05) is 29.3 Å². The van der Waals surface area contributed by atoms with E-state index in [0.29, 0.717) is 28.6 Å². The molecular weight excluding hydrogens is 584 g/mol. The highest BCUT2D eigenvalue weighted by Gasteiger charge is 2.35. The van der Waals surface area contributed by atoms with Gasteiger partial charge in [-0.25, -0.2) is 13.8 Å². The summed E-state index contributed by atoms with van der Waals surface area (Å²) < 4.78 is 33.8. The van der Waals surface area contributed by atoms with Crippen LogP contribution in [0.2, 0.25) is 10.0 Å². The van der Waals surface area contributed by atoms with E-state index in [9.17, 15) is 14.9 Å². The number of nitrogens with zero attached hydrogens (tertiary/aromatic N) is 3. The van der Waals surface area contributed by atoms with E-state index in [1.807, 2.05) is 6.07 Å². The first-order valence-electron chi connectivity index (χ1n) is 13.0. The SMILES string of the molecule is COc1ccc2c(c1)c1c(n2C(=O)OC(C)(C)C)C(=O)N(Cc2ccc(Cl)c(Oc3cc(Cl)cc(C#N)c3)c2F)CC1. The Hall–Kier alpha value is -4.26. The van der Waals surface area contributed by atoms with Gasteiger partial charge in [0, 0.05) is 29.1 Å². The Balaban J connectivity index is 1.51. The van der Waals surface area contributed by atoms with Crippen LogP contribution in [-0.4, -0.2) is 40.7 Å². The predicted molar refractivity (Wildman–Crippen MR) is 156 cm³/mol. The third-order valence-electron chi connectivity index (χ3n) is 6.69. The van der Waals surface area contributed by atoms with Crippen LogP contribution in [0.25, 0.3) is 10.9 Å². The molecule has 42 heavy (non-hydrogen) atoms. The lowest BCUT2D eigenvalue weighted by molar-refractivity contribution is 0.0516. The molecule has 1 aliphatic rings. The molecule has 4 aromatic rings. The quantitative estimate of drug-likeness (QED) is 0.230. The number of ether oxygens (including phenoxy) is 3. The number of rotatable bonds is 5. The molecule has 216 valence electrons. The zero-order valence-corrected chi connectivity index (χ0v) is 24.8. The summed E-state index contributed by atoms with van der Waals surface area (Å²) >= 11 is 12.3. The third-order valence-corrected chi connectivity index (χ3v) is 7.20. The van der Waals surface area contributed by atoms with Gasteiger partial charge in [0.25, 0.3) is 5.91 Å². The van der Waals surface area contributed by atoms with Crippen molar-refractivity contribution < 1.29 is 28.2 Å². The van der Waals surface area contributed by atoms with E-state index >= 15 is 4.39 Å². The molecule has 0 unspecified atom stereocenters. The number of halogens is 3. The average molecular weight is 610 g/mol. The Morgan fingerprint density at radius 3 is 2.55 bits per heavy atom. The van der Waals surface area contributed by atoms with Crippen LogP contribution in [0.4, 0.5) is 9.18 Å². The molecule has 0 radical (unpaired) electrons. The molecule has 0 bridgehead atoms. The van der Waals surface area contributed by atoms with E-state index in [0.717, 1.165) is 0 Å². The van der Waals surface area contributed by atoms with Crippen LogP contribution in [0.5, 0.6) is 17.2 Å². The van der Waals surface area contributed by atoms with Crippen molar-refractivity contribution in [1.82, 2.24) is 9.47 Å². The molecule has 3 aromatic carbocycles. The molecule has 1 amide bonds. The van der Waals surface area contributed by atoms with Crippen molar-refractivity contribution in [2.45, 2.75) is 39.3 Å². The number of benzene rings is 3. The van der Waals surface area contributed by atoms with Gasteiger partial charge in [0.1, 0.15) is 22.8 Å². The number of hydrogen-bond acceptors (Lipinski definition) is 6. The minimum Gasteiger partial charge on any atom is -0.497 e. The van der Waals surface area contributed by atoms with E-state index in [4.69, 9.17) is 37.4 Å². The second-order valence-corrected chi connectivity index (χ2v) is 11.6. The van der Waals surface area contributed by atoms with E-state index in [2.05, 4.69) is 0 Å². The maximum Gasteiger partial charge on any atom is 0.419 e. The topological polar surface area (TPSA) is 93.8 Å².